The monoisotopic (exact) mass is 459 g/mol. The van der Waals surface area contributed by atoms with Crippen molar-refractivity contribution in [2.45, 2.75) is 13.8 Å². The molecule has 2 aromatic heterocycles. The highest BCUT2D eigenvalue weighted by atomic mass is 16.5. The van der Waals surface area contributed by atoms with E-state index in [1.54, 1.807) is 59.4 Å². The molecule has 1 N–H and O–H groups in total. The Balaban J connectivity index is 1.50. The van der Waals surface area contributed by atoms with E-state index in [1.165, 1.54) is 6.33 Å². The second kappa shape index (κ2) is 10.5. The third-order valence-electron chi connectivity index (χ3n) is 4.72. The predicted molar refractivity (Wildman–Crippen MR) is 127 cm³/mol. The van der Waals surface area contributed by atoms with Crippen molar-refractivity contribution in [2.24, 2.45) is 7.05 Å². The summed E-state index contributed by atoms with van der Waals surface area (Å²) in [4.78, 5) is 21.4. The number of amides is 1. The van der Waals surface area contributed by atoms with Crippen molar-refractivity contribution in [1.29, 1.82) is 0 Å². The molecule has 2 aromatic carbocycles. The molecule has 34 heavy (non-hydrogen) atoms. The van der Waals surface area contributed by atoms with Gasteiger partial charge in [0.05, 0.1) is 25.1 Å². The van der Waals surface area contributed by atoms with Gasteiger partial charge in [-0.3, -0.25) is 9.48 Å². The number of hydrogen-bond donors (Lipinski definition) is 1. The number of aromatic nitrogens is 4. The maximum absolute atomic E-state index is 12.9. The first-order chi connectivity index (χ1) is 16.5. The van der Waals surface area contributed by atoms with Gasteiger partial charge in [0, 0.05) is 48.3 Å². The van der Waals surface area contributed by atoms with E-state index in [2.05, 4.69) is 20.4 Å². The standard InChI is InChI=1S/C25H25N5O4/c1-4-32-21-9-17(10-22(12-21)33-5-2)25(31)29-19-7-6-8-20(11-19)34-24-13-23(26-16-27-24)18-14-28-30(3)15-18/h6-16H,4-5H2,1-3H3,(H,29,31). The molecule has 4 aromatic rings. The van der Waals surface area contributed by atoms with Crippen molar-refractivity contribution in [1.82, 2.24) is 19.7 Å². The molecule has 0 saturated heterocycles. The quantitative estimate of drug-likeness (QED) is 0.386. The molecular weight excluding hydrogens is 434 g/mol. The van der Waals surface area contributed by atoms with Crippen LogP contribution < -0.4 is 19.5 Å². The fourth-order valence-electron chi connectivity index (χ4n) is 3.27. The van der Waals surface area contributed by atoms with Gasteiger partial charge in [0.15, 0.2) is 0 Å². The molecule has 0 bridgehead atoms. The lowest BCUT2D eigenvalue weighted by atomic mass is 10.1. The molecule has 9 heteroatoms. The highest BCUT2D eigenvalue weighted by molar-refractivity contribution is 6.04. The van der Waals surface area contributed by atoms with Crippen molar-refractivity contribution in [3.63, 3.8) is 0 Å². The largest absolute Gasteiger partial charge is 0.494 e. The van der Waals surface area contributed by atoms with Gasteiger partial charge in [0.2, 0.25) is 5.88 Å². The maximum Gasteiger partial charge on any atom is 0.255 e. The van der Waals surface area contributed by atoms with Crippen LogP contribution in [0, 0.1) is 0 Å². The van der Waals surface area contributed by atoms with E-state index in [0.717, 1.165) is 5.56 Å². The van der Waals surface area contributed by atoms with Gasteiger partial charge in [-0.25, -0.2) is 9.97 Å². The Hall–Kier alpha value is -4.40. The lowest BCUT2D eigenvalue weighted by Crippen LogP contribution is -2.12. The number of anilines is 1. The van der Waals surface area contributed by atoms with Gasteiger partial charge in [-0.05, 0) is 38.1 Å². The highest BCUT2D eigenvalue weighted by Gasteiger charge is 2.12. The molecule has 0 atom stereocenters. The van der Waals surface area contributed by atoms with Crippen molar-refractivity contribution < 1.29 is 19.0 Å². The van der Waals surface area contributed by atoms with Gasteiger partial charge in [0.1, 0.15) is 23.6 Å². The summed E-state index contributed by atoms with van der Waals surface area (Å²) < 4.78 is 18.7. The second-order valence-corrected chi connectivity index (χ2v) is 7.29. The van der Waals surface area contributed by atoms with Crippen LogP contribution in [0.3, 0.4) is 0 Å². The zero-order valence-corrected chi connectivity index (χ0v) is 19.2. The molecule has 0 aliphatic carbocycles. The first kappa shape index (κ1) is 22.8. The normalized spacial score (nSPS) is 10.6. The zero-order chi connectivity index (χ0) is 23.9. The summed E-state index contributed by atoms with van der Waals surface area (Å²) in [6.07, 6.45) is 5.02. The number of benzene rings is 2. The van der Waals surface area contributed by atoms with Crippen molar-refractivity contribution in [2.75, 3.05) is 18.5 Å². The minimum atomic E-state index is -0.291. The second-order valence-electron chi connectivity index (χ2n) is 7.29. The van der Waals surface area contributed by atoms with Crippen LogP contribution >= 0.6 is 0 Å². The van der Waals surface area contributed by atoms with Crippen molar-refractivity contribution in [3.05, 3.63) is 72.8 Å². The van der Waals surface area contributed by atoms with E-state index >= 15 is 0 Å². The number of carbonyl (C=O) groups excluding carboxylic acids is 1. The fourth-order valence-corrected chi connectivity index (χ4v) is 3.27. The molecule has 0 aliphatic rings. The molecule has 0 fully saturated rings. The Morgan fingerprint density at radius 2 is 1.74 bits per heavy atom. The number of ether oxygens (including phenoxy) is 3. The van der Waals surface area contributed by atoms with Gasteiger partial charge in [-0.1, -0.05) is 6.07 Å². The minimum Gasteiger partial charge on any atom is -0.494 e. The Kier molecular flexibility index (Phi) is 7.02. The fraction of sp³-hybridized carbons (Fsp3) is 0.200. The van der Waals surface area contributed by atoms with Crippen molar-refractivity contribution >= 4 is 11.6 Å². The van der Waals surface area contributed by atoms with Crippen LogP contribution in [0.15, 0.2) is 67.3 Å². The topological polar surface area (TPSA) is 100 Å². The van der Waals surface area contributed by atoms with Crippen LogP contribution in [-0.4, -0.2) is 38.9 Å². The first-order valence-corrected chi connectivity index (χ1v) is 10.8. The molecule has 4 rings (SSSR count). The smallest absolute Gasteiger partial charge is 0.255 e. The average Bonchev–Trinajstić information content (AvgIpc) is 3.26. The van der Waals surface area contributed by atoms with Crippen LogP contribution in [0.2, 0.25) is 0 Å². The van der Waals surface area contributed by atoms with E-state index in [4.69, 9.17) is 14.2 Å². The minimum absolute atomic E-state index is 0.291. The molecule has 174 valence electrons. The summed E-state index contributed by atoms with van der Waals surface area (Å²) in [6.45, 7) is 4.75. The number of carbonyl (C=O) groups is 1. The third-order valence-corrected chi connectivity index (χ3v) is 4.72. The van der Waals surface area contributed by atoms with E-state index in [0.29, 0.717) is 53.3 Å². The van der Waals surface area contributed by atoms with Crippen LogP contribution in [0.4, 0.5) is 5.69 Å². The maximum atomic E-state index is 12.9. The molecule has 2 heterocycles. The summed E-state index contributed by atoms with van der Waals surface area (Å²) in [5.74, 6) is 1.75. The van der Waals surface area contributed by atoms with Crippen LogP contribution in [-0.2, 0) is 7.05 Å². The SMILES string of the molecule is CCOc1cc(OCC)cc(C(=O)Nc2cccc(Oc3cc(-c4cnn(C)c4)ncn3)c2)c1. The number of hydrogen-bond acceptors (Lipinski definition) is 7. The van der Waals surface area contributed by atoms with Crippen molar-refractivity contribution in [3.8, 4) is 34.4 Å². The summed E-state index contributed by atoms with van der Waals surface area (Å²) in [6, 6.07) is 13.9. The third kappa shape index (κ3) is 5.69. The Bertz CT molecular complexity index is 1260. The van der Waals surface area contributed by atoms with Crippen LogP contribution in [0.5, 0.6) is 23.1 Å². The Morgan fingerprint density at radius 1 is 0.971 bits per heavy atom. The van der Waals surface area contributed by atoms with Crippen LogP contribution in [0.25, 0.3) is 11.3 Å². The van der Waals surface area contributed by atoms with Gasteiger partial charge < -0.3 is 19.5 Å². The number of nitrogens with one attached hydrogen (secondary N) is 1. The van der Waals surface area contributed by atoms with E-state index in [9.17, 15) is 4.79 Å². The molecule has 0 saturated carbocycles. The zero-order valence-electron chi connectivity index (χ0n) is 19.2. The van der Waals surface area contributed by atoms with Gasteiger partial charge >= 0.3 is 0 Å². The Morgan fingerprint density at radius 3 is 2.41 bits per heavy atom. The number of aryl methyl sites for hydroxylation is 1. The summed E-state index contributed by atoms with van der Waals surface area (Å²) in [5, 5.41) is 7.05. The van der Waals surface area contributed by atoms with Gasteiger partial charge in [-0.15, -0.1) is 0 Å². The molecule has 9 nitrogen and oxygen atoms in total. The number of rotatable bonds is 9. The highest BCUT2D eigenvalue weighted by Crippen LogP contribution is 2.27. The molecule has 1 amide bonds. The molecule has 0 spiro atoms. The lowest BCUT2D eigenvalue weighted by molar-refractivity contribution is 0.102. The summed E-state index contributed by atoms with van der Waals surface area (Å²) in [7, 11) is 1.84. The summed E-state index contributed by atoms with van der Waals surface area (Å²) >= 11 is 0. The number of nitrogens with zero attached hydrogens (tertiary/aromatic N) is 4. The van der Waals surface area contributed by atoms with Crippen LogP contribution in [0.1, 0.15) is 24.2 Å². The van der Waals surface area contributed by atoms with Gasteiger partial charge in [0.25, 0.3) is 5.91 Å². The molecule has 0 unspecified atom stereocenters. The van der Waals surface area contributed by atoms with E-state index < -0.39 is 0 Å². The summed E-state index contributed by atoms with van der Waals surface area (Å²) in [5.41, 5.74) is 2.56. The Labute approximate surface area is 197 Å². The van der Waals surface area contributed by atoms with Gasteiger partial charge in [-0.2, -0.15) is 5.10 Å². The van der Waals surface area contributed by atoms with E-state index in [-0.39, 0.29) is 5.91 Å². The molecule has 0 aliphatic heterocycles. The predicted octanol–water partition coefficient (Wildman–Crippen LogP) is 4.72. The first-order valence-electron chi connectivity index (χ1n) is 10.8. The lowest BCUT2D eigenvalue weighted by Gasteiger charge is -2.12. The molecular formula is C25H25N5O4. The van der Waals surface area contributed by atoms with E-state index in [1.807, 2.05) is 27.1 Å². The molecule has 0 radical (unpaired) electrons. The average molecular weight is 460 g/mol.